The summed E-state index contributed by atoms with van der Waals surface area (Å²) in [5.41, 5.74) is 1.23. The van der Waals surface area contributed by atoms with E-state index >= 15 is 0 Å². The molecule has 0 unspecified atom stereocenters. The Morgan fingerprint density at radius 1 is 1.19 bits per heavy atom. The summed E-state index contributed by atoms with van der Waals surface area (Å²) < 4.78 is 33.4. The van der Waals surface area contributed by atoms with Gasteiger partial charge < -0.3 is 4.74 Å². The fourth-order valence-electron chi connectivity index (χ4n) is 3.91. The molecule has 1 saturated heterocycles. The number of sulfonamides is 1. The van der Waals surface area contributed by atoms with Gasteiger partial charge in [0.15, 0.2) is 0 Å². The number of rotatable bonds is 2. The maximum Gasteiger partial charge on any atom is 0.246 e. The van der Waals surface area contributed by atoms with E-state index in [2.05, 4.69) is 21.7 Å². The zero-order valence-corrected chi connectivity index (χ0v) is 16.6. The van der Waals surface area contributed by atoms with Crippen LogP contribution in [0.5, 0.6) is 5.75 Å². The molecule has 1 aromatic carbocycles. The van der Waals surface area contributed by atoms with E-state index in [4.69, 9.17) is 4.74 Å². The van der Waals surface area contributed by atoms with Gasteiger partial charge in [0, 0.05) is 25.6 Å². The van der Waals surface area contributed by atoms with E-state index < -0.39 is 10.0 Å². The first-order chi connectivity index (χ1) is 12.5. The number of piperidine rings is 1. The summed E-state index contributed by atoms with van der Waals surface area (Å²) in [6.07, 6.45) is 1.89. The van der Waals surface area contributed by atoms with Crippen LogP contribution in [0, 0.1) is 5.41 Å². The van der Waals surface area contributed by atoms with E-state index in [1.54, 1.807) is 36.6 Å². The van der Waals surface area contributed by atoms with Crippen LogP contribution < -0.4 is 4.74 Å². The number of fused-ring (bicyclic) bond motifs is 1. The van der Waals surface area contributed by atoms with Crippen LogP contribution in [0.15, 0.2) is 46.0 Å². The van der Waals surface area contributed by atoms with Crippen LogP contribution in [-0.4, -0.2) is 50.9 Å². The summed E-state index contributed by atoms with van der Waals surface area (Å²) in [7, 11) is -1.82. The molecule has 3 heterocycles. The highest BCUT2D eigenvalue weighted by Crippen LogP contribution is 2.38. The van der Waals surface area contributed by atoms with E-state index in [1.807, 2.05) is 6.07 Å². The Kier molecular flexibility index (Phi) is 4.81. The molecule has 5 nitrogen and oxygen atoms in total. The zero-order valence-electron chi connectivity index (χ0n) is 14.9. The molecule has 2 aliphatic rings. The third-order valence-electron chi connectivity index (χ3n) is 5.53. The van der Waals surface area contributed by atoms with Crippen molar-refractivity contribution in [2.24, 2.45) is 5.41 Å². The van der Waals surface area contributed by atoms with E-state index in [-0.39, 0.29) is 10.3 Å². The molecule has 140 valence electrons. The maximum atomic E-state index is 12.9. The minimum atomic E-state index is -3.51. The van der Waals surface area contributed by atoms with Crippen LogP contribution in [0.4, 0.5) is 0 Å². The molecule has 7 heteroatoms. The first kappa shape index (κ1) is 18.0. The van der Waals surface area contributed by atoms with Crippen LogP contribution in [-0.2, 0) is 16.6 Å². The van der Waals surface area contributed by atoms with Crippen LogP contribution in [0.2, 0.25) is 0 Å². The molecule has 0 saturated carbocycles. The molecule has 1 fully saturated rings. The van der Waals surface area contributed by atoms with Crippen LogP contribution in [0.1, 0.15) is 18.4 Å². The predicted octanol–water partition coefficient (Wildman–Crippen LogP) is 3.04. The van der Waals surface area contributed by atoms with Crippen LogP contribution in [0.3, 0.4) is 0 Å². The molecule has 0 aliphatic carbocycles. The van der Waals surface area contributed by atoms with Gasteiger partial charge in [-0.25, -0.2) is 12.7 Å². The molecule has 0 N–H and O–H groups in total. The topological polar surface area (TPSA) is 49.9 Å². The fraction of sp³-hybridized carbons (Fsp3) is 0.474. The number of para-hydroxylation sites is 1. The molecular formula is C19H24N2O3S2. The number of benzene rings is 1. The summed E-state index contributed by atoms with van der Waals surface area (Å²) in [4.78, 5) is 2.72. The lowest BCUT2D eigenvalue weighted by Gasteiger charge is -2.44. The first-order valence-corrected chi connectivity index (χ1v) is 11.3. The van der Waals surface area contributed by atoms with Crippen molar-refractivity contribution in [2.75, 3.05) is 33.3 Å². The SMILES string of the molecule is CN1CC2(CCN(Cc3ccsc3)CC2)COc2ccccc2S1(=O)=O. The molecule has 26 heavy (non-hydrogen) atoms. The predicted molar refractivity (Wildman–Crippen MR) is 103 cm³/mol. The lowest BCUT2D eigenvalue weighted by molar-refractivity contribution is 0.0361. The van der Waals surface area contributed by atoms with E-state index in [9.17, 15) is 8.42 Å². The van der Waals surface area contributed by atoms with Crippen LogP contribution in [0.25, 0.3) is 0 Å². The van der Waals surface area contributed by atoms with Gasteiger partial charge in [0.1, 0.15) is 10.6 Å². The second-order valence-electron chi connectivity index (χ2n) is 7.40. The fourth-order valence-corrected chi connectivity index (χ4v) is 5.98. The van der Waals surface area contributed by atoms with Crippen molar-refractivity contribution in [3.05, 3.63) is 46.7 Å². The minimum Gasteiger partial charge on any atom is -0.492 e. The average molecular weight is 393 g/mol. The van der Waals surface area contributed by atoms with Gasteiger partial charge in [0.05, 0.1) is 6.61 Å². The van der Waals surface area contributed by atoms with Crippen molar-refractivity contribution < 1.29 is 13.2 Å². The number of thiophene rings is 1. The van der Waals surface area contributed by atoms with E-state index in [0.29, 0.717) is 18.9 Å². The van der Waals surface area contributed by atoms with Gasteiger partial charge in [-0.15, -0.1) is 0 Å². The van der Waals surface area contributed by atoms with Gasteiger partial charge in [0.2, 0.25) is 10.0 Å². The largest absolute Gasteiger partial charge is 0.492 e. The minimum absolute atomic E-state index is 0.125. The third kappa shape index (κ3) is 3.41. The monoisotopic (exact) mass is 392 g/mol. The average Bonchev–Trinajstić information content (AvgIpc) is 3.14. The van der Waals surface area contributed by atoms with Gasteiger partial charge in [-0.05, 0) is 60.5 Å². The lowest BCUT2D eigenvalue weighted by atomic mass is 9.79. The van der Waals surface area contributed by atoms with E-state index in [1.165, 1.54) is 9.87 Å². The Balaban J connectivity index is 1.52. The Bertz CT molecular complexity index is 857. The Morgan fingerprint density at radius 2 is 1.96 bits per heavy atom. The summed E-state index contributed by atoms with van der Waals surface area (Å²) in [6.45, 7) is 3.98. The Labute approximate surface area is 159 Å². The molecule has 1 aromatic heterocycles. The number of likely N-dealkylation sites (tertiary alicyclic amines) is 1. The number of hydrogen-bond donors (Lipinski definition) is 0. The molecule has 1 spiro atoms. The van der Waals surface area contributed by atoms with Crippen molar-refractivity contribution in [1.82, 2.24) is 9.21 Å². The number of hydrogen-bond acceptors (Lipinski definition) is 5. The van der Waals surface area contributed by atoms with Crippen LogP contribution >= 0.6 is 11.3 Å². The Morgan fingerprint density at radius 3 is 2.69 bits per heavy atom. The smallest absolute Gasteiger partial charge is 0.246 e. The Hall–Kier alpha value is -1.41. The molecule has 4 rings (SSSR count). The second-order valence-corrected chi connectivity index (χ2v) is 10.2. The summed E-state index contributed by atoms with van der Waals surface area (Å²) >= 11 is 1.73. The summed E-state index contributed by atoms with van der Waals surface area (Å²) in [5.74, 6) is 0.471. The summed E-state index contributed by atoms with van der Waals surface area (Å²) in [6, 6.07) is 9.12. The highest BCUT2D eigenvalue weighted by molar-refractivity contribution is 7.89. The van der Waals surface area contributed by atoms with Gasteiger partial charge in [0.25, 0.3) is 0 Å². The van der Waals surface area contributed by atoms with Gasteiger partial charge in [-0.1, -0.05) is 12.1 Å². The van der Waals surface area contributed by atoms with Gasteiger partial charge in [-0.2, -0.15) is 11.3 Å². The first-order valence-electron chi connectivity index (χ1n) is 8.90. The standard InChI is InChI=1S/C19H24N2O3S2/c1-20-14-19(7-9-21(10-8-19)12-16-6-11-25-13-16)15-24-17-4-2-3-5-18(17)26(20,22)23/h2-6,11,13H,7-10,12,14-15H2,1H3. The highest BCUT2D eigenvalue weighted by Gasteiger charge is 2.41. The molecule has 0 radical (unpaired) electrons. The van der Waals surface area contributed by atoms with Crippen molar-refractivity contribution in [3.8, 4) is 5.75 Å². The number of ether oxygens (including phenoxy) is 1. The molecular weight excluding hydrogens is 368 g/mol. The van der Waals surface area contributed by atoms with Crippen molar-refractivity contribution in [1.29, 1.82) is 0 Å². The van der Waals surface area contributed by atoms with Crippen molar-refractivity contribution in [2.45, 2.75) is 24.3 Å². The summed E-state index contributed by atoms with van der Waals surface area (Å²) in [5, 5.41) is 4.31. The van der Waals surface area contributed by atoms with Crippen molar-refractivity contribution in [3.63, 3.8) is 0 Å². The molecule has 0 atom stereocenters. The van der Waals surface area contributed by atoms with Gasteiger partial charge in [-0.3, -0.25) is 4.90 Å². The quantitative estimate of drug-likeness (QED) is 0.788. The molecule has 2 aliphatic heterocycles. The molecule has 0 bridgehead atoms. The van der Waals surface area contributed by atoms with E-state index in [0.717, 1.165) is 32.5 Å². The second kappa shape index (κ2) is 6.96. The van der Waals surface area contributed by atoms with Gasteiger partial charge >= 0.3 is 0 Å². The highest BCUT2D eigenvalue weighted by atomic mass is 32.2. The van der Waals surface area contributed by atoms with Crippen molar-refractivity contribution >= 4 is 21.4 Å². The normalized spacial score (nSPS) is 23.0. The number of nitrogens with zero attached hydrogens (tertiary/aromatic N) is 2. The maximum absolute atomic E-state index is 12.9. The third-order valence-corrected chi connectivity index (χ3v) is 8.11. The zero-order chi connectivity index (χ0) is 18.2. The lowest BCUT2D eigenvalue weighted by Crippen LogP contribution is -2.50. The molecule has 0 amide bonds. The molecule has 2 aromatic rings.